The number of pyridine rings is 1. The molecule has 0 fully saturated rings. The van der Waals surface area contributed by atoms with E-state index in [2.05, 4.69) is 4.98 Å². The van der Waals surface area contributed by atoms with Crippen molar-refractivity contribution < 1.29 is 17.3 Å². The highest BCUT2D eigenvalue weighted by atomic mass is 32.2. The number of aromatic nitrogens is 1. The number of sulfone groups is 1. The minimum absolute atomic E-state index is 0.250. The number of aryl methyl sites for hydroxylation is 1. The Hall–Kier alpha value is -1.43. The lowest BCUT2D eigenvalue weighted by Gasteiger charge is -2.00. The zero-order valence-electron chi connectivity index (χ0n) is 10.1. The average molecular weight is 217 g/mol. The molecule has 1 aromatic heterocycles. The number of hydrogen-bond acceptors (Lipinski definition) is 4. The molecule has 6 heteroatoms. The lowest BCUT2D eigenvalue weighted by Crippen LogP contribution is -2.22. The summed E-state index contributed by atoms with van der Waals surface area (Å²) in [5.41, 5.74) is 4.95. The quantitative estimate of drug-likeness (QED) is 0.780. The minimum Gasteiger partial charge on any atom is -0.356 e. The molecular weight excluding hydrogens is 204 g/mol. The second kappa shape index (κ2) is 3.75. The van der Waals surface area contributed by atoms with E-state index in [1.54, 1.807) is 0 Å². The Morgan fingerprint density at radius 3 is 3.00 bits per heavy atom. The van der Waals surface area contributed by atoms with Crippen LogP contribution >= 0.6 is 0 Å². The highest BCUT2D eigenvalue weighted by Crippen LogP contribution is 2.10. The summed E-state index contributed by atoms with van der Waals surface area (Å²) in [5.74, 6) is 0. The zero-order valence-corrected chi connectivity index (χ0v) is 7.91. The SMILES string of the molecule is [2H]C([2H])([2H])Cc1ccnc(S(=O)(=O)C(N)=O)c1. The third-order valence-electron chi connectivity index (χ3n) is 1.54. The van der Waals surface area contributed by atoms with Gasteiger partial charge in [0.05, 0.1) is 0 Å². The molecule has 1 rings (SSSR count). The summed E-state index contributed by atoms with van der Waals surface area (Å²) in [6.45, 7) is -2.23. The van der Waals surface area contributed by atoms with Crippen LogP contribution in [0.15, 0.2) is 23.4 Å². The van der Waals surface area contributed by atoms with E-state index in [4.69, 9.17) is 9.85 Å². The summed E-state index contributed by atoms with van der Waals surface area (Å²) in [4.78, 5) is 14.2. The van der Waals surface area contributed by atoms with Gasteiger partial charge in [-0.2, -0.15) is 0 Å². The lowest BCUT2D eigenvalue weighted by atomic mass is 10.2. The van der Waals surface area contributed by atoms with E-state index in [9.17, 15) is 13.2 Å². The van der Waals surface area contributed by atoms with E-state index in [0.717, 1.165) is 12.3 Å². The standard InChI is InChI=1S/C8H10N2O3S/c1-2-6-3-4-10-7(5-6)14(12,13)8(9)11/h3-5H,2H2,1H3,(H2,9,11)/i1D3. The van der Waals surface area contributed by atoms with Crippen LogP contribution in [-0.4, -0.2) is 18.6 Å². The molecule has 0 saturated carbocycles. The Bertz CT molecular complexity index is 539. The van der Waals surface area contributed by atoms with Gasteiger partial charge in [-0.3, -0.25) is 4.79 Å². The third kappa shape index (κ3) is 1.90. The summed E-state index contributed by atoms with van der Waals surface area (Å²) in [6.07, 6.45) is 0.813. The average Bonchev–Trinajstić information content (AvgIpc) is 2.15. The molecule has 0 aliphatic rings. The van der Waals surface area contributed by atoms with Gasteiger partial charge in [0.15, 0.2) is 5.03 Å². The molecule has 1 heterocycles. The number of rotatable bonds is 2. The van der Waals surface area contributed by atoms with Gasteiger partial charge in [-0.05, 0) is 24.1 Å². The molecule has 0 atom stereocenters. The number of carbonyl (C=O) groups is 1. The predicted octanol–water partition coefficient (Wildman–Crippen LogP) is 0.496. The molecular formula is C8H10N2O3S. The van der Waals surface area contributed by atoms with Crippen molar-refractivity contribution in [2.75, 3.05) is 0 Å². The van der Waals surface area contributed by atoms with Gasteiger partial charge in [-0.15, -0.1) is 0 Å². The molecule has 0 spiro atoms. The van der Waals surface area contributed by atoms with Gasteiger partial charge in [0.2, 0.25) is 0 Å². The monoisotopic (exact) mass is 217 g/mol. The maximum atomic E-state index is 11.4. The van der Waals surface area contributed by atoms with Gasteiger partial charge in [-0.1, -0.05) is 6.85 Å². The molecule has 0 aromatic carbocycles. The molecule has 5 nitrogen and oxygen atoms in total. The number of primary amides is 1. The molecule has 0 unspecified atom stereocenters. The van der Waals surface area contributed by atoms with Crippen molar-refractivity contribution in [2.24, 2.45) is 5.73 Å². The Labute approximate surface area is 86.1 Å². The van der Waals surface area contributed by atoms with Crippen LogP contribution < -0.4 is 5.73 Å². The summed E-state index contributed by atoms with van der Waals surface area (Å²) in [7, 11) is -4.31. The lowest BCUT2D eigenvalue weighted by molar-refractivity contribution is 0.265. The normalized spacial score (nSPS) is 15.3. The van der Waals surface area contributed by atoms with Crippen molar-refractivity contribution in [1.29, 1.82) is 0 Å². The summed E-state index contributed by atoms with van der Waals surface area (Å²) in [6, 6.07) is 2.40. The van der Waals surface area contributed by atoms with Crippen molar-refractivity contribution >= 4 is 15.1 Å². The second-order valence-electron chi connectivity index (χ2n) is 2.50. The first-order valence-corrected chi connectivity index (χ1v) is 5.11. The summed E-state index contributed by atoms with van der Waals surface area (Å²) >= 11 is 0. The maximum absolute atomic E-state index is 11.4. The van der Waals surface area contributed by atoms with E-state index in [1.165, 1.54) is 6.07 Å². The van der Waals surface area contributed by atoms with Gasteiger partial charge in [0, 0.05) is 10.3 Å². The second-order valence-corrected chi connectivity index (χ2v) is 4.33. The summed E-state index contributed by atoms with van der Waals surface area (Å²) in [5, 5.41) is -2.05. The molecule has 1 amide bonds. The van der Waals surface area contributed by atoms with E-state index in [-0.39, 0.29) is 12.0 Å². The smallest absolute Gasteiger partial charge is 0.340 e. The van der Waals surface area contributed by atoms with Crippen molar-refractivity contribution in [3.05, 3.63) is 23.9 Å². The fourth-order valence-corrected chi connectivity index (χ4v) is 1.52. The van der Waals surface area contributed by atoms with Gasteiger partial charge < -0.3 is 5.73 Å². The molecule has 76 valence electrons. The molecule has 0 aliphatic heterocycles. The molecule has 14 heavy (non-hydrogen) atoms. The number of carbonyl (C=O) groups excluding carboxylic acids is 1. The predicted molar refractivity (Wildman–Crippen MR) is 50.4 cm³/mol. The highest BCUT2D eigenvalue weighted by molar-refractivity contribution is 8.05. The van der Waals surface area contributed by atoms with Crippen molar-refractivity contribution in [2.45, 2.75) is 18.3 Å². The fraction of sp³-hybridized carbons (Fsp3) is 0.250. The summed E-state index contributed by atoms with van der Waals surface area (Å²) < 4.78 is 43.9. The van der Waals surface area contributed by atoms with Crippen molar-refractivity contribution in [3.63, 3.8) is 0 Å². The number of hydrogen-bond donors (Lipinski definition) is 1. The first-order chi connectivity index (χ1) is 7.63. The van der Waals surface area contributed by atoms with Crippen LogP contribution in [0.5, 0.6) is 0 Å². The van der Waals surface area contributed by atoms with E-state index < -0.39 is 27.0 Å². The van der Waals surface area contributed by atoms with Crippen molar-refractivity contribution in [3.8, 4) is 0 Å². The molecule has 0 saturated heterocycles. The molecule has 0 bridgehead atoms. The van der Waals surface area contributed by atoms with Crippen LogP contribution in [0.25, 0.3) is 0 Å². The number of nitrogens with two attached hydrogens (primary N) is 1. The molecule has 2 N–H and O–H groups in total. The van der Waals surface area contributed by atoms with Crippen LogP contribution in [0.4, 0.5) is 4.79 Å². The van der Waals surface area contributed by atoms with E-state index in [1.807, 2.05) is 0 Å². The largest absolute Gasteiger partial charge is 0.356 e. The topological polar surface area (TPSA) is 90.1 Å². The number of nitrogens with zero attached hydrogens (tertiary/aromatic N) is 1. The molecule has 1 aromatic rings. The van der Waals surface area contributed by atoms with Crippen LogP contribution in [-0.2, 0) is 16.3 Å². The Balaban J connectivity index is 3.15. The Morgan fingerprint density at radius 1 is 1.71 bits per heavy atom. The van der Waals surface area contributed by atoms with Crippen molar-refractivity contribution in [1.82, 2.24) is 4.98 Å². The molecule has 0 radical (unpaired) electrons. The van der Waals surface area contributed by atoms with Crippen LogP contribution in [0.1, 0.15) is 16.5 Å². The highest BCUT2D eigenvalue weighted by Gasteiger charge is 2.22. The van der Waals surface area contributed by atoms with Crippen LogP contribution in [0.3, 0.4) is 0 Å². The van der Waals surface area contributed by atoms with E-state index in [0.29, 0.717) is 0 Å². The maximum Gasteiger partial charge on any atom is 0.340 e. The van der Waals surface area contributed by atoms with Gasteiger partial charge in [-0.25, -0.2) is 13.4 Å². The third-order valence-corrected chi connectivity index (χ3v) is 2.85. The first-order valence-electron chi connectivity index (χ1n) is 5.12. The Kier molecular flexibility index (Phi) is 1.86. The Morgan fingerprint density at radius 2 is 2.43 bits per heavy atom. The van der Waals surface area contributed by atoms with Gasteiger partial charge >= 0.3 is 5.24 Å². The van der Waals surface area contributed by atoms with Gasteiger partial charge in [0.25, 0.3) is 9.84 Å². The zero-order chi connectivity index (χ0) is 13.3. The minimum atomic E-state index is -4.31. The molecule has 0 aliphatic carbocycles. The van der Waals surface area contributed by atoms with E-state index >= 15 is 0 Å². The fourth-order valence-electron chi connectivity index (χ4n) is 0.810. The number of amides is 1. The van der Waals surface area contributed by atoms with Crippen LogP contribution in [0.2, 0.25) is 0 Å². The first kappa shape index (κ1) is 6.94. The van der Waals surface area contributed by atoms with Gasteiger partial charge in [0.1, 0.15) is 0 Å². The van der Waals surface area contributed by atoms with Crippen LogP contribution in [0, 0.1) is 0 Å².